The monoisotopic (exact) mass is 367 g/mol. The maximum absolute atomic E-state index is 13.3. The second-order valence-electron chi connectivity index (χ2n) is 6.54. The molecule has 1 N–H and O–H groups in total. The lowest BCUT2D eigenvalue weighted by molar-refractivity contribution is 0.256. The molecule has 1 aromatic carbocycles. The number of hydrogen-bond donors (Lipinski definition) is 1. The molecule has 0 saturated carbocycles. The molecule has 0 bridgehead atoms. The van der Waals surface area contributed by atoms with Gasteiger partial charge in [0.2, 0.25) is 5.95 Å². The lowest BCUT2D eigenvalue weighted by Crippen LogP contribution is -2.47. The standard InChI is InChI=1S/C19H22FN7/c20-15-3-4-16-17(13-15)24-14-25-18(16)21-7-2-8-26-9-11-27(12-10-26)19-22-5-1-6-23-19/h1,3-6,13-14H,2,7-12H2,(H,21,24,25). The highest BCUT2D eigenvalue weighted by molar-refractivity contribution is 5.88. The van der Waals surface area contributed by atoms with Crippen LogP contribution in [0.15, 0.2) is 43.0 Å². The third-order valence-corrected chi connectivity index (χ3v) is 4.75. The van der Waals surface area contributed by atoms with E-state index in [-0.39, 0.29) is 5.82 Å². The van der Waals surface area contributed by atoms with Crippen LogP contribution in [-0.4, -0.2) is 64.1 Å². The molecular formula is C19H22FN7. The highest BCUT2D eigenvalue weighted by atomic mass is 19.1. The van der Waals surface area contributed by atoms with E-state index in [0.29, 0.717) is 5.52 Å². The number of nitrogens with zero attached hydrogens (tertiary/aromatic N) is 6. The molecule has 0 unspecified atom stereocenters. The van der Waals surface area contributed by atoms with E-state index in [4.69, 9.17) is 0 Å². The van der Waals surface area contributed by atoms with Crippen molar-refractivity contribution in [1.29, 1.82) is 0 Å². The van der Waals surface area contributed by atoms with Crippen molar-refractivity contribution in [3.05, 3.63) is 48.8 Å². The molecular weight excluding hydrogens is 345 g/mol. The summed E-state index contributed by atoms with van der Waals surface area (Å²) in [6.07, 6.45) is 6.04. The Bertz CT molecular complexity index is 882. The molecule has 1 saturated heterocycles. The van der Waals surface area contributed by atoms with Gasteiger partial charge in [-0.3, -0.25) is 4.90 Å². The average molecular weight is 367 g/mol. The number of fused-ring (bicyclic) bond motifs is 1. The molecule has 4 rings (SSSR count). The van der Waals surface area contributed by atoms with Crippen LogP contribution >= 0.6 is 0 Å². The average Bonchev–Trinajstić information content (AvgIpc) is 2.72. The Kier molecular flexibility index (Phi) is 5.34. The zero-order valence-corrected chi connectivity index (χ0v) is 15.1. The first-order valence-corrected chi connectivity index (χ1v) is 9.18. The molecule has 0 radical (unpaired) electrons. The number of rotatable bonds is 6. The molecule has 140 valence electrons. The molecule has 1 fully saturated rings. The second kappa shape index (κ2) is 8.22. The quantitative estimate of drug-likeness (QED) is 0.670. The van der Waals surface area contributed by atoms with Crippen molar-refractivity contribution >= 4 is 22.7 Å². The summed E-state index contributed by atoms with van der Waals surface area (Å²) in [7, 11) is 0. The summed E-state index contributed by atoms with van der Waals surface area (Å²) in [6, 6.07) is 6.42. The van der Waals surface area contributed by atoms with Crippen LogP contribution in [0, 0.1) is 5.82 Å². The van der Waals surface area contributed by atoms with E-state index in [1.165, 1.54) is 18.5 Å². The number of nitrogens with one attached hydrogen (secondary N) is 1. The smallest absolute Gasteiger partial charge is 0.225 e. The highest BCUT2D eigenvalue weighted by Crippen LogP contribution is 2.19. The van der Waals surface area contributed by atoms with Crippen molar-refractivity contribution in [3.63, 3.8) is 0 Å². The van der Waals surface area contributed by atoms with Crippen molar-refractivity contribution in [2.24, 2.45) is 0 Å². The number of halogens is 1. The zero-order valence-electron chi connectivity index (χ0n) is 15.1. The van der Waals surface area contributed by atoms with Gasteiger partial charge in [0.25, 0.3) is 0 Å². The fourth-order valence-corrected chi connectivity index (χ4v) is 3.31. The highest BCUT2D eigenvalue weighted by Gasteiger charge is 2.18. The number of aromatic nitrogens is 4. The largest absolute Gasteiger partial charge is 0.369 e. The van der Waals surface area contributed by atoms with E-state index in [2.05, 4.69) is 35.1 Å². The molecule has 0 amide bonds. The van der Waals surface area contributed by atoms with Crippen LogP contribution in [0.25, 0.3) is 10.9 Å². The van der Waals surface area contributed by atoms with Gasteiger partial charge in [0.15, 0.2) is 0 Å². The Labute approximate surface area is 157 Å². The Hall–Kier alpha value is -2.87. The predicted molar refractivity (Wildman–Crippen MR) is 103 cm³/mol. The molecule has 3 heterocycles. The van der Waals surface area contributed by atoms with E-state index in [1.807, 2.05) is 6.07 Å². The summed E-state index contributed by atoms with van der Waals surface area (Å²) < 4.78 is 13.3. The zero-order chi connectivity index (χ0) is 18.5. The molecule has 2 aromatic heterocycles. The van der Waals surface area contributed by atoms with Gasteiger partial charge in [-0.15, -0.1) is 0 Å². The number of piperazine rings is 1. The number of anilines is 2. The van der Waals surface area contributed by atoms with Crippen molar-refractivity contribution in [3.8, 4) is 0 Å². The van der Waals surface area contributed by atoms with E-state index in [1.54, 1.807) is 18.5 Å². The Morgan fingerprint density at radius 3 is 2.63 bits per heavy atom. The normalized spacial score (nSPS) is 15.2. The van der Waals surface area contributed by atoms with Crippen LogP contribution in [0.3, 0.4) is 0 Å². The minimum atomic E-state index is -0.285. The predicted octanol–water partition coefficient (Wildman–Crippen LogP) is 2.18. The summed E-state index contributed by atoms with van der Waals surface area (Å²) in [5.74, 6) is 1.28. The Morgan fingerprint density at radius 1 is 1.00 bits per heavy atom. The van der Waals surface area contributed by atoms with Crippen LogP contribution in [0.5, 0.6) is 0 Å². The van der Waals surface area contributed by atoms with Gasteiger partial charge in [0, 0.05) is 56.6 Å². The first kappa shape index (κ1) is 17.5. The first-order chi connectivity index (χ1) is 13.3. The third kappa shape index (κ3) is 4.28. The van der Waals surface area contributed by atoms with E-state index >= 15 is 0 Å². The Morgan fingerprint density at radius 2 is 1.81 bits per heavy atom. The van der Waals surface area contributed by atoms with Crippen LogP contribution in [-0.2, 0) is 0 Å². The summed E-state index contributed by atoms with van der Waals surface area (Å²) in [4.78, 5) is 21.7. The van der Waals surface area contributed by atoms with Gasteiger partial charge in [0.1, 0.15) is 18.0 Å². The van der Waals surface area contributed by atoms with Crippen molar-refractivity contribution in [2.45, 2.75) is 6.42 Å². The van der Waals surface area contributed by atoms with E-state index < -0.39 is 0 Å². The molecule has 27 heavy (non-hydrogen) atoms. The van der Waals surface area contributed by atoms with Gasteiger partial charge in [-0.2, -0.15) is 0 Å². The SMILES string of the molecule is Fc1ccc2c(NCCCN3CCN(c4ncccn4)CC3)ncnc2c1. The second-order valence-corrected chi connectivity index (χ2v) is 6.54. The van der Waals surface area contributed by atoms with Gasteiger partial charge in [-0.1, -0.05) is 0 Å². The maximum atomic E-state index is 13.3. The molecule has 3 aromatic rings. The summed E-state index contributed by atoms with van der Waals surface area (Å²) in [5.41, 5.74) is 0.617. The van der Waals surface area contributed by atoms with Crippen molar-refractivity contribution < 1.29 is 4.39 Å². The lowest BCUT2D eigenvalue weighted by atomic mass is 10.2. The molecule has 7 nitrogen and oxygen atoms in total. The molecule has 0 spiro atoms. The van der Waals surface area contributed by atoms with Crippen LogP contribution in [0.2, 0.25) is 0 Å². The number of hydrogen-bond acceptors (Lipinski definition) is 7. The van der Waals surface area contributed by atoms with Gasteiger partial charge in [-0.05, 0) is 31.2 Å². The summed E-state index contributed by atoms with van der Waals surface area (Å²) in [5, 5.41) is 4.19. The molecule has 1 aliphatic heterocycles. The van der Waals surface area contributed by atoms with Gasteiger partial charge in [0.05, 0.1) is 5.52 Å². The van der Waals surface area contributed by atoms with Crippen LogP contribution in [0.1, 0.15) is 6.42 Å². The maximum Gasteiger partial charge on any atom is 0.225 e. The van der Waals surface area contributed by atoms with Crippen LogP contribution < -0.4 is 10.2 Å². The minimum absolute atomic E-state index is 0.285. The van der Waals surface area contributed by atoms with Gasteiger partial charge in [-0.25, -0.2) is 24.3 Å². The fourth-order valence-electron chi connectivity index (χ4n) is 3.31. The van der Waals surface area contributed by atoms with E-state index in [9.17, 15) is 4.39 Å². The molecule has 0 atom stereocenters. The lowest BCUT2D eigenvalue weighted by Gasteiger charge is -2.34. The number of benzene rings is 1. The summed E-state index contributed by atoms with van der Waals surface area (Å²) >= 11 is 0. The Balaban J connectivity index is 1.23. The summed E-state index contributed by atoms with van der Waals surface area (Å²) in [6.45, 7) is 5.74. The van der Waals surface area contributed by atoms with Crippen molar-refractivity contribution in [1.82, 2.24) is 24.8 Å². The molecule has 8 heteroatoms. The topological polar surface area (TPSA) is 70.1 Å². The first-order valence-electron chi connectivity index (χ1n) is 9.18. The van der Waals surface area contributed by atoms with Gasteiger partial charge < -0.3 is 10.2 Å². The van der Waals surface area contributed by atoms with Crippen LogP contribution in [0.4, 0.5) is 16.2 Å². The fraction of sp³-hybridized carbons (Fsp3) is 0.368. The van der Waals surface area contributed by atoms with Gasteiger partial charge >= 0.3 is 0 Å². The van der Waals surface area contributed by atoms with Crippen molar-refractivity contribution in [2.75, 3.05) is 49.5 Å². The molecule has 0 aliphatic carbocycles. The third-order valence-electron chi connectivity index (χ3n) is 4.75. The minimum Gasteiger partial charge on any atom is -0.369 e. The molecule has 1 aliphatic rings. The van der Waals surface area contributed by atoms with E-state index in [0.717, 1.165) is 62.8 Å².